The van der Waals surface area contributed by atoms with Crippen molar-refractivity contribution in [1.29, 1.82) is 0 Å². The molecule has 0 fully saturated rings. The summed E-state index contributed by atoms with van der Waals surface area (Å²) in [6, 6.07) is 5.71. The van der Waals surface area contributed by atoms with Crippen molar-refractivity contribution in [2.24, 2.45) is 5.92 Å². The Balaban J connectivity index is 3.49. The molecule has 1 rings (SSSR count). The minimum atomic E-state index is -0.819. The zero-order chi connectivity index (χ0) is 26.2. The predicted molar refractivity (Wildman–Crippen MR) is 136 cm³/mol. The maximum atomic E-state index is 14.0. The van der Waals surface area contributed by atoms with Crippen molar-refractivity contribution in [2.45, 2.75) is 112 Å². The molecule has 7 heteroatoms. The maximum Gasteiger partial charge on any atom is 0.408 e. The van der Waals surface area contributed by atoms with E-state index in [2.05, 4.69) is 10.6 Å². The van der Waals surface area contributed by atoms with Gasteiger partial charge < -0.3 is 20.3 Å². The van der Waals surface area contributed by atoms with Crippen molar-refractivity contribution in [3.8, 4) is 0 Å². The fraction of sp³-hybridized carbons (Fsp3) is 0.667. The van der Waals surface area contributed by atoms with E-state index in [0.29, 0.717) is 12.8 Å². The number of nitrogens with zero attached hydrogens (tertiary/aromatic N) is 1. The molecule has 1 aromatic carbocycles. The van der Waals surface area contributed by atoms with Gasteiger partial charge in [-0.1, -0.05) is 50.6 Å². The van der Waals surface area contributed by atoms with Gasteiger partial charge in [0.05, 0.1) is 0 Å². The van der Waals surface area contributed by atoms with E-state index >= 15 is 0 Å². The lowest BCUT2D eigenvalue weighted by Gasteiger charge is -2.39. The predicted octanol–water partition coefficient (Wildman–Crippen LogP) is 5.13. The van der Waals surface area contributed by atoms with E-state index in [0.717, 1.165) is 11.1 Å². The highest BCUT2D eigenvalue weighted by Gasteiger charge is 2.38. The van der Waals surface area contributed by atoms with Crippen LogP contribution in [-0.4, -0.2) is 46.5 Å². The first-order valence-corrected chi connectivity index (χ1v) is 12.3. The molecular weight excluding hydrogens is 430 g/mol. The standard InChI is InChI=1S/C27H45N3O4/c1-11-20(7)30(23(24(31)28-18(4)5)21-14-12-19(6)13-15-21)25(32)22(16-17(2)3)29-26(33)34-27(8,9)10/h12-15,17-18,20,22-23H,11,16H2,1-10H3,(H,28,31)(H,29,33). The number of benzene rings is 1. The largest absolute Gasteiger partial charge is 0.444 e. The van der Waals surface area contributed by atoms with Crippen LogP contribution in [0.15, 0.2) is 24.3 Å². The van der Waals surface area contributed by atoms with Gasteiger partial charge in [-0.25, -0.2) is 4.79 Å². The number of hydrogen-bond donors (Lipinski definition) is 2. The zero-order valence-corrected chi connectivity index (χ0v) is 22.7. The van der Waals surface area contributed by atoms with Crippen LogP contribution in [-0.2, 0) is 14.3 Å². The third-order valence-electron chi connectivity index (χ3n) is 5.37. The first-order valence-electron chi connectivity index (χ1n) is 12.3. The normalized spacial score (nSPS) is 14.4. The Bertz CT molecular complexity index is 812. The summed E-state index contributed by atoms with van der Waals surface area (Å²) >= 11 is 0. The Morgan fingerprint density at radius 1 is 0.971 bits per heavy atom. The molecule has 0 aliphatic rings. The van der Waals surface area contributed by atoms with Crippen LogP contribution in [0.2, 0.25) is 0 Å². The summed E-state index contributed by atoms with van der Waals surface area (Å²) < 4.78 is 5.42. The van der Waals surface area contributed by atoms with Gasteiger partial charge in [0.15, 0.2) is 0 Å². The summed E-state index contributed by atoms with van der Waals surface area (Å²) in [5.74, 6) is -0.392. The fourth-order valence-corrected chi connectivity index (χ4v) is 3.67. The molecule has 2 N–H and O–H groups in total. The van der Waals surface area contributed by atoms with E-state index in [9.17, 15) is 14.4 Å². The summed E-state index contributed by atoms with van der Waals surface area (Å²) in [4.78, 5) is 41.7. The van der Waals surface area contributed by atoms with Gasteiger partial charge in [-0.05, 0) is 72.8 Å². The number of amides is 3. The number of aryl methyl sites for hydroxylation is 1. The molecule has 7 nitrogen and oxygen atoms in total. The van der Waals surface area contributed by atoms with E-state index < -0.39 is 23.8 Å². The highest BCUT2D eigenvalue weighted by atomic mass is 16.6. The van der Waals surface area contributed by atoms with Crippen LogP contribution in [0.5, 0.6) is 0 Å². The van der Waals surface area contributed by atoms with Gasteiger partial charge in [-0.15, -0.1) is 0 Å². The Labute approximate surface area is 206 Å². The van der Waals surface area contributed by atoms with Gasteiger partial charge in [0.25, 0.3) is 0 Å². The van der Waals surface area contributed by atoms with Crippen LogP contribution < -0.4 is 10.6 Å². The number of ether oxygens (including phenoxy) is 1. The first-order chi connectivity index (χ1) is 15.7. The van der Waals surface area contributed by atoms with Gasteiger partial charge in [0.1, 0.15) is 17.7 Å². The smallest absolute Gasteiger partial charge is 0.408 e. The number of hydrogen-bond acceptors (Lipinski definition) is 4. The van der Waals surface area contributed by atoms with Gasteiger partial charge in [0.2, 0.25) is 11.8 Å². The van der Waals surface area contributed by atoms with Crippen LogP contribution in [0.4, 0.5) is 4.79 Å². The topological polar surface area (TPSA) is 87.7 Å². The monoisotopic (exact) mass is 475 g/mol. The quantitative estimate of drug-likeness (QED) is 0.491. The number of alkyl carbamates (subject to hydrolysis) is 1. The SMILES string of the molecule is CCC(C)N(C(=O)C(CC(C)C)NC(=O)OC(C)(C)C)C(C(=O)NC(C)C)c1ccc(C)cc1. The van der Waals surface area contributed by atoms with Crippen LogP contribution in [0.3, 0.4) is 0 Å². The minimum Gasteiger partial charge on any atom is -0.444 e. The molecule has 0 radical (unpaired) electrons. The molecular formula is C27H45N3O4. The third kappa shape index (κ3) is 9.35. The first kappa shape index (κ1) is 29.5. The molecule has 3 amide bonds. The number of carbonyl (C=O) groups excluding carboxylic acids is 3. The van der Waals surface area contributed by atoms with Crippen molar-refractivity contribution in [3.63, 3.8) is 0 Å². The number of carbonyl (C=O) groups is 3. The van der Waals surface area contributed by atoms with E-state index in [1.165, 1.54) is 0 Å². The highest BCUT2D eigenvalue weighted by Crippen LogP contribution is 2.27. The van der Waals surface area contributed by atoms with E-state index in [1.54, 1.807) is 25.7 Å². The van der Waals surface area contributed by atoms with E-state index in [1.807, 2.05) is 72.7 Å². The van der Waals surface area contributed by atoms with Crippen molar-refractivity contribution in [1.82, 2.24) is 15.5 Å². The Morgan fingerprint density at radius 2 is 1.53 bits per heavy atom. The summed E-state index contributed by atoms with van der Waals surface area (Å²) in [5, 5.41) is 5.75. The molecule has 0 aliphatic carbocycles. The maximum absolute atomic E-state index is 14.0. The molecule has 0 aliphatic heterocycles. The summed E-state index contributed by atoms with van der Waals surface area (Å²) in [7, 11) is 0. The molecule has 0 saturated heterocycles. The lowest BCUT2D eigenvalue weighted by Crippen LogP contribution is -2.56. The number of nitrogens with one attached hydrogen (secondary N) is 2. The van der Waals surface area contributed by atoms with Crippen molar-refractivity contribution in [2.75, 3.05) is 0 Å². The molecule has 0 aromatic heterocycles. The third-order valence-corrected chi connectivity index (χ3v) is 5.37. The zero-order valence-electron chi connectivity index (χ0n) is 22.7. The molecule has 3 atom stereocenters. The van der Waals surface area contributed by atoms with Gasteiger partial charge >= 0.3 is 6.09 Å². The van der Waals surface area contributed by atoms with Crippen LogP contribution in [0.1, 0.15) is 92.3 Å². The fourth-order valence-electron chi connectivity index (χ4n) is 3.67. The average molecular weight is 476 g/mol. The second kappa shape index (κ2) is 12.8. The lowest BCUT2D eigenvalue weighted by molar-refractivity contribution is -0.145. The van der Waals surface area contributed by atoms with Crippen molar-refractivity contribution in [3.05, 3.63) is 35.4 Å². The van der Waals surface area contributed by atoms with Gasteiger partial charge in [0, 0.05) is 12.1 Å². The molecule has 3 unspecified atom stereocenters. The van der Waals surface area contributed by atoms with Crippen LogP contribution >= 0.6 is 0 Å². The van der Waals surface area contributed by atoms with Crippen molar-refractivity contribution >= 4 is 17.9 Å². The molecule has 0 spiro atoms. The molecule has 1 aromatic rings. The second-order valence-electron chi connectivity index (χ2n) is 10.8. The molecule has 0 bridgehead atoms. The molecule has 0 saturated carbocycles. The van der Waals surface area contributed by atoms with Crippen LogP contribution in [0.25, 0.3) is 0 Å². The van der Waals surface area contributed by atoms with Gasteiger partial charge in [-0.3, -0.25) is 9.59 Å². The molecule has 0 heterocycles. The molecule has 34 heavy (non-hydrogen) atoms. The van der Waals surface area contributed by atoms with E-state index in [4.69, 9.17) is 4.74 Å². The summed E-state index contributed by atoms with van der Waals surface area (Å²) in [6.45, 7) is 19.0. The second-order valence-corrected chi connectivity index (χ2v) is 10.8. The average Bonchev–Trinajstić information content (AvgIpc) is 2.69. The Hall–Kier alpha value is -2.57. The summed E-state index contributed by atoms with van der Waals surface area (Å²) in [5.41, 5.74) is 1.11. The minimum absolute atomic E-state index is 0.0827. The van der Waals surface area contributed by atoms with Crippen LogP contribution in [0, 0.1) is 12.8 Å². The Morgan fingerprint density at radius 3 is 1.97 bits per heavy atom. The van der Waals surface area contributed by atoms with E-state index in [-0.39, 0.29) is 29.8 Å². The Kier molecular flexibility index (Phi) is 11.1. The van der Waals surface area contributed by atoms with Crippen molar-refractivity contribution < 1.29 is 19.1 Å². The lowest BCUT2D eigenvalue weighted by atomic mass is 9.96. The molecule has 192 valence electrons. The number of rotatable bonds is 10. The summed E-state index contributed by atoms with van der Waals surface area (Å²) in [6.07, 6.45) is 0.440. The highest BCUT2D eigenvalue weighted by molar-refractivity contribution is 5.92. The van der Waals surface area contributed by atoms with Gasteiger partial charge in [-0.2, -0.15) is 0 Å².